The van der Waals surface area contributed by atoms with E-state index in [1.54, 1.807) is 48.5 Å². The number of carbonyl (C=O) groups is 2. The van der Waals surface area contributed by atoms with Crippen LogP contribution in [0.3, 0.4) is 0 Å². The van der Waals surface area contributed by atoms with E-state index < -0.39 is 28.0 Å². The molecule has 168 valence electrons. The highest BCUT2D eigenvalue weighted by molar-refractivity contribution is 7.90. The molecule has 0 fully saturated rings. The Morgan fingerprint density at radius 1 is 0.939 bits per heavy atom. The Balaban J connectivity index is 1.69. The Morgan fingerprint density at radius 2 is 1.70 bits per heavy atom. The smallest absolute Gasteiger partial charge is 0.337 e. The fourth-order valence-corrected chi connectivity index (χ4v) is 4.55. The molecular formula is C22H17N3O6S2. The number of carbonyl (C=O) groups excluding carboxylic acids is 2. The first-order valence-corrected chi connectivity index (χ1v) is 11.8. The molecule has 1 amide bonds. The first kappa shape index (κ1) is 22.4. The molecule has 0 bridgehead atoms. The molecule has 1 N–H and O–H groups in total. The van der Waals surface area contributed by atoms with E-state index in [1.807, 2.05) is 0 Å². The van der Waals surface area contributed by atoms with E-state index in [-0.39, 0.29) is 16.2 Å². The molecule has 9 nitrogen and oxygen atoms in total. The number of hydrogen-bond acceptors (Lipinski definition) is 9. The number of fused-ring (bicyclic) bond motifs is 1. The van der Waals surface area contributed by atoms with Crippen LogP contribution in [0.1, 0.15) is 22.0 Å². The summed E-state index contributed by atoms with van der Waals surface area (Å²) in [6.07, 6.45) is -1.36. The average molecular weight is 484 g/mol. The van der Waals surface area contributed by atoms with Gasteiger partial charge >= 0.3 is 5.97 Å². The normalized spacial score (nSPS) is 12.2. The zero-order valence-corrected chi connectivity index (χ0v) is 18.8. The zero-order chi connectivity index (χ0) is 23.4. The molecule has 0 aliphatic carbocycles. The third-order valence-corrected chi connectivity index (χ3v) is 6.54. The molecule has 0 saturated heterocycles. The largest absolute Gasteiger partial charge is 0.476 e. The van der Waals surface area contributed by atoms with Gasteiger partial charge in [0, 0.05) is 5.56 Å². The van der Waals surface area contributed by atoms with Crippen molar-refractivity contribution in [1.29, 1.82) is 0 Å². The van der Waals surface area contributed by atoms with Crippen LogP contribution in [-0.2, 0) is 19.6 Å². The molecule has 3 aromatic carbocycles. The first-order valence-electron chi connectivity index (χ1n) is 9.56. The number of nitrogens with zero attached hydrogens (tertiary/aromatic N) is 2. The molecule has 0 aliphatic heterocycles. The van der Waals surface area contributed by atoms with Gasteiger partial charge in [0.05, 0.1) is 29.3 Å². The third-order valence-electron chi connectivity index (χ3n) is 4.62. The van der Waals surface area contributed by atoms with Crippen LogP contribution in [0.25, 0.3) is 11.0 Å². The van der Waals surface area contributed by atoms with Gasteiger partial charge in [0.15, 0.2) is 0 Å². The quantitative estimate of drug-likeness (QED) is 0.398. The van der Waals surface area contributed by atoms with Crippen LogP contribution in [0.15, 0.2) is 77.7 Å². The van der Waals surface area contributed by atoms with E-state index in [0.29, 0.717) is 16.6 Å². The highest BCUT2D eigenvalue weighted by atomic mass is 32.2. The molecule has 0 radical (unpaired) electrons. The van der Waals surface area contributed by atoms with Crippen molar-refractivity contribution in [2.24, 2.45) is 0 Å². The summed E-state index contributed by atoms with van der Waals surface area (Å²) in [5.74, 6) is -1.32. The van der Waals surface area contributed by atoms with Gasteiger partial charge in [0.2, 0.25) is 6.10 Å². The summed E-state index contributed by atoms with van der Waals surface area (Å²) >= 11 is 1.01. The van der Waals surface area contributed by atoms with Gasteiger partial charge in [-0.25, -0.2) is 17.9 Å². The molecular weight excluding hydrogens is 466 g/mol. The molecule has 4 rings (SSSR count). The second-order valence-electron chi connectivity index (χ2n) is 6.81. The maximum Gasteiger partial charge on any atom is 0.337 e. The van der Waals surface area contributed by atoms with Crippen molar-refractivity contribution in [3.05, 3.63) is 83.9 Å². The Morgan fingerprint density at radius 3 is 2.45 bits per heavy atom. The number of ether oxygens (including phenoxy) is 2. The maximum absolute atomic E-state index is 13.1. The molecule has 11 heteroatoms. The number of sulfonamides is 1. The SMILES string of the molecule is COC(=O)c1cccc(OC(C(=O)NS(=O)(=O)c2ccccc2)c2ccc3nsnc3c2)c1. The van der Waals surface area contributed by atoms with Gasteiger partial charge in [-0.05, 0) is 42.5 Å². The zero-order valence-electron chi connectivity index (χ0n) is 17.2. The number of amides is 1. The third kappa shape index (κ3) is 4.99. The van der Waals surface area contributed by atoms with Crippen molar-refractivity contribution in [2.45, 2.75) is 11.0 Å². The summed E-state index contributed by atoms with van der Waals surface area (Å²) in [4.78, 5) is 24.9. The lowest BCUT2D eigenvalue weighted by Gasteiger charge is -2.19. The van der Waals surface area contributed by atoms with E-state index in [2.05, 4.69) is 13.5 Å². The fourth-order valence-electron chi connectivity index (χ4n) is 3.03. The van der Waals surface area contributed by atoms with Gasteiger partial charge < -0.3 is 9.47 Å². The number of benzene rings is 3. The van der Waals surface area contributed by atoms with Crippen LogP contribution >= 0.6 is 11.7 Å². The molecule has 0 aliphatic rings. The first-order chi connectivity index (χ1) is 15.9. The summed E-state index contributed by atoms with van der Waals surface area (Å²) in [6, 6.07) is 18.4. The van der Waals surface area contributed by atoms with E-state index in [0.717, 1.165) is 11.7 Å². The fraction of sp³-hybridized carbons (Fsp3) is 0.0909. The van der Waals surface area contributed by atoms with Crippen LogP contribution in [0.4, 0.5) is 0 Å². The Hall–Kier alpha value is -3.83. The van der Waals surface area contributed by atoms with Gasteiger partial charge in [0.25, 0.3) is 15.9 Å². The van der Waals surface area contributed by atoms with Crippen LogP contribution in [-0.4, -0.2) is 36.2 Å². The molecule has 33 heavy (non-hydrogen) atoms. The van der Waals surface area contributed by atoms with Gasteiger partial charge in [-0.15, -0.1) is 0 Å². The summed E-state index contributed by atoms with van der Waals surface area (Å²) in [6.45, 7) is 0. The van der Waals surface area contributed by atoms with Crippen LogP contribution < -0.4 is 9.46 Å². The molecule has 0 spiro atoms. The van der Waals surface area contributed by atoms with Gasteiger partial charge in [0.1, 0.15) is 16.8 Å². The molecule has 1 aromatic heterocycles. The molecule has 1 heterocycles. The van der Waals surface area contributed by atoms with Crippen LogP contribution in [0.2, 0.25) is 0 Å². The lowest BCUT2D eigenvalue weighted by atomic mass is 10.1. The Labute approximate surface area is 193 Å². The minimum atomic E-state index is -4.14. The molecule has 1 unspecified atom stereocenters. The molecule has 4 aromatic rings. The topological polar surface area (TPSA) is 125 Å². The number of methoxy groups -OCH3 is 1. The van der Waals surface area contributed by atoms with Crippen LogP contribution in [0.5, 0.6) is 5.75 Å². The van der Waals surface area contributed by atoms with Crippen molar-refractivity contribution >= 4 is 44.7 Å². The van der Waals surface area contributed by atoms with Crippen molar-refractivity contribution in [2.75, 3.05) is 7.11 Å². The summed E-state index contributed by atoms with van der Waals surface area (Å²) in [5, 5.41) is 0. The second kappa shape index (κ2) is 9.35. The molecule has 1 atom stereocenters. The predicted molar refractivity (Wildman–Crippen MR) is 120 cm³/mol. The van der Waals surface area contributed by atoms with Crippen molar-refractivity contribution in [3.8, 4) is 5.75 Å². The number of rotatable bonds is 7. The number of hydrogen-bond donors (Lipinski definition) is 1. The van der Waals surface area contributed by atoms with Gasteiger partial charge in [-0.2, -0.15) is 8.75 Å². The van der Waals surface area contributed by atoms with Crippen molar-refractivity contribution < 1.29 is 27.5 Å². The molecule has 0 saturated carbocycles. The monoisotopic (exact) mass is 483 g/mol. The summed E-state index contributed by atoms with van der Waals surface area (Å²) in [5.41, 5.74) is 1.74. The van der Waals surface area contributed by atoms with E-state index in [4.69, 9.17) is 9.47 Å². The minimum Gasteiger partial charge on any atom is -0.476 e. The second-order valence-corrected chi connectivity index (χ2v) is 9.02. The lowest BCUT2D eigenvalue weighted by molar-refractivity contribution is -0.126. The standard InChI is InChI=1S/C22H17N3O6S2/c1-30-22(27)15-6-5-7-16(12-15)31-20(14-10-11-18-19(13-14)24-32-23-18)21(26)25-33(28,29)17-8-3-2-4-9-17/h2-13,20H,1H3,(H,25,26). The van der Waals surface area contributed by atoms with Crippen LogP contribution in [0, 0.1) is 0 Å². The van der Waals surface area contributed by atoms with Crippen molar-refractivity contribution in [1.82, 2.24) is 13.5 Å². The average Bonchev–Trinajstić information content (AvgIpc) is 3.30. The number of esters is 1. The van der Waals surface area contributed by atoms with Crippen molar-refractivity contribution in [3.63, 3.8) is 0 Å². The minimum absolute atomic E-state index is 0.0658. The van der Waals surface area contributed by atoms with E-state index in [9.17, 15) is 18.0 Å². The lowest BCUT2D eigenvalue weighted by Crippen LogP contribution is -2.36. The number of nitrogens with one attached hydrogen (secondary N) is 1. The van der Waals surface area contributed by atoms with E-state index in [1.165, 1.54) is 31.4 Å². The predicted octanol–water partition coefficient (Wildman–Crippen LogP) is 3.10. The number of aromatic nitrogens is 2. The Bertz CT molecular complexity index is 1420. The van der Waals surface area contributed by atoms with Gasteiger partial charge in [-0.3, -0.25) is 4.79 Å². The highest BCUT2D eigenvalue weighted by Crippen LogP contribution is 2.26. The van der Waals surface area contributed by atoms with E-state index >= 15 is 0 Å². The summed E-state index contributed by atoms with van der Waals surface area (Å²) < 4.78 is 46.4. The highest BCUT2D eigenvalue weighted by Gasteiger charge is 2.28. The van der Waals surface area contributed by atoms with Gasteiger partial charge in [-0.1, -0.05) is 30.3 Å². The Kier molecular flexibility index (Phi) is 6.33. The summed E-state index contributed by atoms with van der Waals surface area (Å²) in [7, 11) is -2.89. The maximum atomic E-state index is 13.1.